The van der Waals surface area contributed by atoms with E-state index >= 15 is 0 Å². The van der Waals surface area contributed by atoms with E-state index in [9.17, 15) is 0 Å². The topological polar surface area (TPSA) is 44.2 Å². The molecule has 0 unspecified atom stereocenters. The average Bonchev–Trinajstić information content (AvgIpc) is 2.53. The highest BCUT2D eigenvalue weighted by Crippen LogP contribution is 2.20. The van der Waals surface area contributed by atoms with E-state index in [1.54, 1.807) is 0 Å². The van der Waals surface area contributed by atoms with Gasteiger partial charge < -0.3 is 9.47 Å². The second-order valence-electron chi connectivity index (χ2n) is 4.71. The van der Waals surface area contributed by atoms with Crippen LogP contribution in [0.1, 0.15) is 5.56 Å². The van der Waals surface area contributed by atoms with Gasteiger partial charge in [-0.25, -0.2) is 9.97 Å². The molecule has 0 saturated carbocycles. The summed E-state index contributed by atoms with van der Waals surface area (Å²) in [6.07, 6.45) is 1.51. The summed E-state index contributed by atoms with van der Waals surface area (Å²) in [5.74, 6) is 1.44. The molecule has 0 spiro atoms. The fourth-order valence-electron chi connectivity index (χ4n) is 2.03. The fraction of sp³-hybridized carbons (Fsp3) is 0.176. The smallest absolute Gasteiger partial charge is 0.224 e. The molecular formula is C17H16N2O2. The van der Waals surface area contributed by atoms with Gasteiger partial charge in [0.2, 0.25) is 5.88 Å². The summed E-state index contributed by atoms with van der Waals surface area (Å²) in [5.41, 5.74) is 2.09. The summed E-state index contributed by atoms with van der Waals surface area (Å²) in [6, 6.07) is 15.7. The van der Waals surface area contributed by atoms with Crippen molar-refractivity contribution < 1.29 is 9.47 Å². The van der Waals surface area contributed by atoms with Gasteiger partial charge in [-0.15, -0.1) is 0 Å². The van der Waals surface area contributed by atoms with E-state index in [-0.39, 0.29) is 0 Å². The Bertz CT molecular complexity index is 721. The molecule has 0 aliphatic rings. The number of nitrogens with zero attached hydrogens (tertiary/aromatic N) is 2. The highest BCUT2D eigenvalue weighted by atomic mass is 16.5. The Balaban J connectivity index is 1.58. The van der Waals surface area contributed by atoms with Crippen LogP contribution in [0, 0.1) is 6.92 Å². The largest absolute Gasteiger partial charge is 0.490 e. The summed E-state index contributed by atoms with van der Waals surface area (Å²) in [7, 11) is 0. The van der Waals surface area contributed by atoms with Gasteiger partial charge in [0.15, 0.2) is 0 Å². The monoisotopic (exact) mass is 280 g/mol. The van der Waals surface area contributed by atoms with Crippen molar-refractivity contribution in [2.45, 2.75) is 6.92 Å². The zero-order valence-corrected chi connectivity index (χ0v) is 11.8. The zero-order valence-electron chi connectivity index (χ0n) is 11.8. The molecule has 3 aromatic rings. The Morgan fingerprint density at radius 2 is 1.62 bits per heavy atom. The van der Waals surface area contributed by atoms with E-state index in [2.05, 4.69) is 9.97 Å². The lowest BCUT2D eigenvalue weighted by Crippen LogP contribution is -2.10. The molecule has 106 valence electrons. The van der Waals surface area contributed by atoms with Crippen molar-refractivity contribution in [1.29, 1.82) is 0 Å². The van der Waals surface area contributed by atoms with E-state index in [0.29, 0.717) is 19.1 Å². The Morgan fingerprint density at radius 1 is 0.857 bits per heavy atom. The Labute approximate surface area is 123 Å². The number of rotatable bonds is 5. The number of aromatic nitrogens is 2. The van der Waals surface area contributed by atoms with Crippen LogP contribution in [-0.2, 0) is 0 Å². The number of para-hydroxylation sites is 1. The summed E-state index contributed by atoms with van der Waals surface area (Å²) in [5, 5.41) is 0.912. The zero-order chi connectivity index (χ0) is 14.5. The molecule has 4 heteroatoms. The number of hydrogen-bond donors (Lipinski definition) is 0. The first-order chi connectivity index (χ1) is 10.3. The van der Waals surface area contributed by atoms with Crippen molar-refractivity contribution in [3.63, 3.8) is 0 Å². The van der Waals surface area contributed by atoms with Crippen molar-refractivity contribution in [1.82, 2.24) is 9.97 Å². The van der Waals surface area contributed by atoms with Crippen molar-refractivity contribution >= 4 is 10.9 Å². The van der Waals surface area contributed by atoms with Crippen LogP contribution in [0.2, 0.25) is 0 Å². The predicted molar refractivity (Wildman–Crippen MR) is 81.7 cm³/mol. The maximum Gasteiger partial charge on any atom is 0.224 e. The van der Waals surface area contributed by atoms with Gasteiger partial charge in [0.25, 0.3) is 0 Å². The van der Waals surface area contributed by atoms with E-state index in [1.807, 2.05) is 55.5 Å². The number of fused-ring (bicyclic) bond motifs is 1. The fourth-order valence-corrected chi connectivity index (χ4v) is 2.03. The van der Waals surface area contributed by atoms with Crippen molar-refractivity contribution in [2.24, 2.45) is 0 Å². The first-order valence-electron chi connectivity index (χ1n) is 6.85. The molecule has 0 N–H and O–H groups in total. The second-order valence-corrected chi connectivity index (χ2v) is 4.71. The molecule has 0 saturated heterocycles. The first-order valence-corrected chi connectivity index (χ1v) is 6.85. The molecule has 0 radical (unpaired) electrons. The lowest BCUT2D eigenvalue weighted by atomic mass is 10.2. The third-order valence-corrected chi connectivity index (χ3v) is 3.12. The average molecular weight is 280 g/mol. The summed E-state index contributed by atoms with van der Waals surface area (Å²) in [6.45, 7) is 2.96. The third kappa shape index (κ3) is 3.28. The van der Waals surface area contributed by atoms with E-state index < -0.39 is 0 Å². The van der Waals surface area contributed by atoms with Crippen LogP contribution in [0.5, 0.6) is 11.6 Å². The minimum Gasteiger partial charge on any atom is -0.490 e. The molecule has 0 aliphatic carbocycles. The molecule has 0 atom stereocenters. The molecule has 3 rings (SSSR count). The highest BCUT2D eigenvalue weighted by Gasteiger charge is 2.03. The van der Waals surface area contributed by atoms with Crippen LogP contribution in [0.15, 0.2) is 54.9 Å². The maximum absolute atomic E-state index is 5.69. The van der Waals surface area contributed by atoms with Gasteiger partial charge in [-0.05, 0) is 31.2 Å². The molecule has 21 heavy (non-hydrogen) atoms. The predicted octanol–water partition coefficient (Wildman–Crippen LogP) is 3.40. The number of aryl methyl sites for hydroxylation is 1. The van der Waals surface area contributed by atoms with Crippen molar-refractivity contribution in [3.8, 4) is 11.6 Å². The van der Waals surface area contributed by atoms with Crippen LogP contribution in [0.4, 0.5) is 0 Å². The molecular weight excluding hydrogens is 264 g/mol. The lowest BCUT2D eigenvalue weighted by molar-refractivity contribution is 0.213. The van der Waals surface area contributed by atoms with Gasteiger partial charge in [0, 0.05) is 0 Å². The Morgan fingerprint density at radius 3 is 2.48 bits per heavy atom. The Kier molecular flexibility index (Phi) is 3.96. The van der Waals surface area contributed by atoms with Crippen LogP contribution in [-0.4, -0.2) is 23.2 Å². The number of benzene rings is 2. The molecule has 1 heterocycles. The van der Waals surface area contributed by atoms with Crippen LogP contribution < -0.4 is 9.47 Å². The van der Waals surface area contributed by atoms with Gasteiger partial charge in [-0.1, -0.05) is 29.8 Å². The van der Waals surface area contributed by atoms with E-state index in [0.717, 1.165) is 16.7 Å². The van der Waals surface area contributed by atoms with Crippen molar-refractivity contribution in [2.75, 3.05) is 13.2 Å². The SMILES string of the molecule is Cc1ccc(OCCOc2ncnc3ccccc23)cc1. The molecule has 0 amide bonds. The third-order valence-electron chi connectivity index (χ3n) is 3.12. The van der Waals surface area contributed by atoms with Crippen LogP contribution >= 0.6 is 0 Å². The van der Waals surface area contributed by atoms with E-state index in [1.165, 1.54) is 11.9 Å². The van der Waals surface area contributed by atoms with Gasteiger partial charge in [-0.2, -0.15) is 0 Å². The first kappa shape index (κ1) is 13.4. The number of ether oxygens (including phenoxy) is 2. The maximum atomic E-state index is 5.69. The molecule has 1 aromatic heterocycles. The minimum absolute atomic E-state index is 0.439. The quantitative estimate of drug-likeness (QED) is 0.672. The highest BCUT2D eigenvalue weighted by molar-refractivity contribution is 5.82. The molecule has 4 nitrogen and oxygen atoms in total. The molecule has 2 aromatic carbocycles. The van der Waals surface area contributed by atoms with Gasteiger partial charge in [0.05, 0.1) is 10.9 Å². The Hall–Kier alpha value is -2.62. The normalized spacial score (nSPS) is 10.5. The van der Waals surface area contributed by atoms with Gasteiger partial charge in [-0.3, -0.25) is 0 Å². The van der Waals surface area contributed by atoms with Crippen LogP contribution in [0.3, 0.4) is 0 Å². The summed E-state index contributed by atoms with van der Waals surface area (Å²) < 4.78 is 11.3. The molecule has 0 aliphatic heterocycles. The van der Waals surface area contributed by atoms with Gasteiger partial charge >= 0.3 is 0 Å². The summed E-state index contributed by atoms with van der Waals surface area (Å²) >= 11 is 0. The molecule has 0 bridgehead atoms. The standard InChI is InChI=1S/C17H16N2O2/c1-13-6-8-14(9-7-13)20-10-11-21-17-15-4-2-3-5-16(15)18-12-19-17/h2-9,12H,10-11H2,1H3. The van der Waals surface area contributed by atoms with Gasteiger partial charge in [0.1, 0.15) is 25.3 Å². The van der Waals surface area contributed by atoms with Crippen molar-refractivity contribution in [3.05, 3.63) is 60.4 Å². The van der Waals surface area contributed by atoms with Crippen LogP contribution in [0.25, 0.3) is 10.9 Å². The minimum atomic E-state index is 0.439. The lowest BCUT2D eigenvalue weighted by Gasteiger charge is -2.09. The van der Waals surface area contributed by atoms with E-state index in [4.69, 9.17) is 9.47 Å². The number of hydrogen-bond acceptors (Lipinski definition) is 4. The second kappa shape index (κ2) is 6.22. The summed E-state index contributed by atoms with van der Waals surface area (Å²) in [4.78, 5) is 8.38. The molecule has 0 fully saturated rings.